The maximum Gasteiger partial charge on any atom is 0.0495 e. The second kappa shape index (κ2) is 4.65. The van der Waals surface area contributed by atoms with Crippen LogP contribution in [0.5, 0.6) is 0 Å². The first-order valence-corrected chi connectivity index (χ1v) is 5.56. The van der Waals surface area contributed by atoms with E-state index in [2.05, 4.69) is 29.8 Å². The molecule has 1 aromatic rings. The molecule has 1 aliphatic rings. The number of aryl methyl sites for hydroxylation is 2. The smallest absolute Gasteiger partial charge is 0.0495 e. The van der Waals surface area contributed by atoms with Gasteiger partial charge < -0.3 is 9.30 Å². The predicted molar refractivity (Wildman–Crippen MR) is 57.3 cm³/mol. The first kappa shape index (κ1) is 9.78. The summed E-state index contributed by atoms with van der Waals surface area (Å²) in [7, 11) is 0. The van der Waals surface area contributed by atoms with Gasteiger partial charge in [0.25, 0.3) is 0 Å². The Hall–Kier alpha value is -0.760. The summed E-state index contributed by atoms with van der Waals surface area (Å²) in [6.45, 7) is 5.30. The Balaban J connectivity index is 1.70. The van der Waals surface area contributed by atoms with Crippen molar-refractivity contribution >= 4 is 0 Å². The Morgan fingerprint density at radius 2 is 2.50 bits per heavy atom. The van der Waals surface area contributed by atoms with Gasteiger partial charge in [-0.15, -0.1) is 0 Å². The fourth-order valence-corrected chi connectivity index (χ4v) is 2.11. The third-order valence-electron chi connectivity index (χ3n) is 3.09. The summed E-state index contributed by atoms with van der Waals surface area (Å²) in [6, 6.07) is 4.28. The quantitative estimate of drug-likeness (QED) is 0.717. The highest BCUT2D eigenvalue weighted by Gasteiger charge is 2.14. The second-order valence-corrected chi connectivity index (χ2v) is 4.21. The van der Waals surface area contributed by atoms with E-state index in [1.165, 1.54) is 25.0 Å². The van der Waals surface area contributed by atoms with Crippen molar-refractivity contribution in [3.63, 3.8) is 0 Å². The van der Waals surface area contributed by atoms with E-state index in [9.17, 15) is 0 Å². The lowest BCUT2D eigenvalue weighted by Gasteiger charge is -2.09. The van der Waals surface area contributed by atoms with Crippen LogP contribution >= 0.6 is 0 Å². The van der Waals surface area contributed by atoms with Crippen LogP contribution in [-0.2, 0) is 11.3 Å². The summed E-state index contributed by atoms with van der Waals surface area (Å²) in [4.78, 5) is 0. The van der Waals surface area contributed by atoms with Crippen molar-refractivity contribution < 1.29 is 4.74 Å². The summed E-state index contributed by atoms with van der Waals surface area (Å²) in [5.74, 6) is 0.825. The van der Waals surface area contributed by atoms with Gasteiger partial charge in [-0.25, -0.2) is 0 Å². The highest BCUT2D eigenvalue weighted by atomic mass is 16.5. The zero-order valence-corrected chi connectivity index (χ0v) is 8.91. The van der Waals surface area contributed by atoms with Crippen LogP contribution in [0.4, 0.5) is 0 Å². The zero-order valence-electron chi connectivity index (χ0n) is 8.91. The first-order valence-electron chi connectivity index (χ1n) is 5.56. The van der Waals surface area contributed by atoms with Gasteiger partial charge in [-0.05, 0) is 44.2 Å². The van der Waals surface area contributed by atoms with Gasteiger partial charge >= 0.3 is 0 Å². The van der Waals surface area contributed by atoms with Crippen LogP contribution in [-0.4, -0.2) is 17.8 Å². The Morgan fingerprint density at radius 1 is 1.57 bits per heavy atom. The van der Waals surface area contributed by atoms with Gasteiger partial charge in [0.2, 0.25) is 0 Å². The van der Waals surface area contributed by atoms with E-state index in [0.717, 1.165) is 25.7 Å². The first-order chi connectivity index (χ1) is 6.86. The molecule has 1 atom stereocenters. The van der Waals surface area contributed by atoms with Crippen molar-refractivity contribution in [1.29, 1.82) is 0 Å². The van der Waals surface area contributed by atoms with Crippen LogP contribution in [0.2, 0.25) is 0 Å². The van der Waals surface area contributed by atoms with Crippen molar-refractivity contribution in [2.45, 2.75) is 32.7 Å². The second-order valence-electron chi connectivity index (χ2n) is 4.21. The lowest BCUT2D eigenvalue weighted by Crippen LogP contribution is -2.03. The molecule has 1 saturated heterocycles. The lowest BCUT2D eigenvalue weighted by molar-refractivity contribution is 0.183. The monoisotopic (exact) mass is 193 g/mol. The van der Waals surface area contributed by atoms with Gasteiger partial charge in [-0.3, -0.25) is 0 Å². The van der Waals surface area contributed by atoms with Crippen LogP contribution in [0, 0.1) is 12.8 Å². The number of rotatable bonds is 4. The van der Waals surface area contributed by atoms with E-state index in [4.69, 9.17) is 4.74 Å². The largest absolute Gasteiger partial charge is 0.381 e. The van der Waals surface area contributed by atoms with Crippen LogP contribution in [0.25, 0.3) is 0 Å². The summed E-state index contributed by atoms with van der Waals surface area (Å²) >= 11 is 0. The van der Waals surface area contributed by atoms with Gasteiger partial charge in [0.15, 0.2) is 0 Å². The normalized spacial score (nSPS) is 21.6. The molecule has 2 heteroatoms. The van der Waals surface area contributed by atoms with Crippen molar-refractivity contribution in [1.82, 2.24) is 4.57 Å². The molecule has 1 aromatic heterocycles. The molecule has 0 saturated carbocycles. The molecule has 0 radical (unpaired) electrons. The molecule has 0 aliphatic carbocycles. The van der Waals surface area contributed by atoms with E-state index in [1.54, 1.807) is 0 Å². The molecule has 14 heavy (non-hydrogen) atoms. The highest BCUT2D eigenvalue weighted by Crippen LogP contribution is 2.18. The minimum Gasteiger partial charge on any atom is -0.381 e. The van der Waals surface area contributed by atoms with Crippen molar-refractivity contribution in [2.24, 2.45) is 5.92 Å². The lowest BCUT2D eigenvalue weighted by atomic mass is 10.0. The Labute approximate surface area is 85.9 Å². The van der Waals surface area contributed by atoms with Crippen LogP contribution in [0.15, 0.2) is 18.3 Å². The van der Waals surface area contributed by atoms with Crippen LogP contribution in [0.3, 0.4) is 0 Å². The molecule has 1 aliphatic heterocycles. The molecule has 0 N–H and O–H groups in total. The van der Waals surface area contributed by atoms with Crippen molar-refractivity contribution in [3.8, 4) is 0 Å². The Kier molecular flexibility index (Phi) is 3.25. The van der Waals surface area contributed by atoms with Gasteiger partial charge in [0.1, 0.15) is 0 Å². The number of ether oxygens (including phenoxy) is 1. The summed E-state index contributed by atoms with van der Waals surface area (Å²) in [5.41, 5.74) is 1.37. The maximum atomic E-state index is 5.36. The average Bonchev–Trinajstić information content (AvgIpc) is 2.78. The zero-order chi connectivity index (χ0) is 9.80. The molecule has 2 rings (SSSR count). The van der Waals surface area contributed by atoms with Crippen molar-refractivity contribution in [3.05, 3.63) is 24.0 Å². The fraction of sp³-hybridized carbons (Fsp3) is 0.667. The minimum atomic E-state index is 0.825. The number of hydrogen-bond donors (Lipinski definition) is 0. The molecule has 2 heterocycles. The summed E-state index contributed by atoms with van der Waals surface area (Å²) in [6.07, 6.45) is 6.03. The molecular formula is C12H19NO. The summed E-state index contributed by atoms with van der Waals surface area (Å²) < 4.78 is 7.69. The van der Waals surface area contributed by atoms with E-state index >= 15 is 0 Å². The minimum absolute atomic E-state index is 0.825. The van der Waals surface area contributed by atoms with Gasteiger partial charge in [-0.2, -0.15) is 0 Å². The van der Waals surface area contributed by atoms with E-state index in [1.807, 2.05) is 0 Å². The molecule has 0 aromatic carbocycles. The van der Waals surface area contributed by atoms with E-state index < -0.39 is 0 Å². The maximum absolute atomic E-state index is 5.36. The third-order valence-corrected chi connectivity index (χ3v) is 3.09. The topological polar surface area (TPSA) is 14.2 Å². The van der Waals surface area contributed by atoms with Gasteiger partial charge in [-0.1, -0.05) is 0 Å². The standard InChI is InChI=1S/C12H19NO/c1-11-4-2-7-13(11)8-3-5-12-6-9-14-10-12/h2,4,7,12H,3,5-6,8-10H2,1H3. The highest BCUT2D eigenvalue weighted by molar-refractivity contribution is 5.04. The molecule has 1 fully saturated rings. The van der Waals surface area contributed by atoms with E-state index in [-0.39, 0.29) is 0 Å². The molecule has 0 amide bonds. The molecule has 0 bridgehead atoms. The predicted octanol–water partition coefficient (Wildman–Crippen LogP) is 2.61. The van der Waals surface area contributed by atoms with Gasteiger partial charge in [0, 0.05) is 31.6 Å². The average molecular weight is 193 g/mol. The summed E-state index contributed by atoms with van der Waals surface area (Å²) in [5, 5.41) is 0. The number of nitrogens with zero attached hydrogens (tertiary/aromatic N) is 1. The van der Waals surface area contributed by atoms with Crippen LogP contribution in [0.1, 0.15) is 25.0 Å². The van der Waals surface area contributed by atoms with E-state index in [0.29, 0.717) is 0 Å². The third kappa shape index (κ3) is 2.38. The molecule has 78 valence electrons. The number of hydrogen-bond acceptors (Lipinski definition) is 1. The Bertz CT molecular complexity index is 274. The fourth-order valence-electron chi connectivity index (χ4n) is 2.11. The number of aromatic nitrogens is 1. The SMILES string of the molecule is Cc1cccn1CCCC1CCOC1. The van der Waals surface area contributed by atoms with Crippen molar-refractivity contribution in [2.75, 3.05) is 13.2 Å². The van der Waals surface area contributed by atoms with Crippen LogP contribution < -0.4 is 0 Å². The molecule has 2 nitrogen and oxygen atoms in total. The Morgan fingerprint density at radius 3 is 3.14 bits per heavy atom. The molecule has 0 spiro atoms. The molecule has 1 unspecified atom stereocenters. The van der Waals surface area contributed by atoms with Gasteiger partial charge in [0.05, 0.1) is 0 Å². The molecular weight excluding hydrogens is 174 g/mol.